The van der Waals surface area contributed by atoms with Crippen LogP contribution in [0, 0.1) is 5.92 Å². The van der Waals surface area contributed by atoms with Gasteiger partial charge in [-0.15, -0.1) is 0 Å². The van der Waals surface area contributed by atoms with Crippen molar-refractivity contribution in [3.8, 4) is 6.01 Å². The summed E-state index contributed by atoms with van der Waals surface area (Å²) in [5.41, 5.74) is 0. The second-order valence-corrected chi connectivity index (χ2v) is 5.15. The molecule has 0 radical (unpaired) electrons. The van der Waals surface area contributed by atoms with E-state index in [1.54, 1.807) is 0 Å². The molecule has 1 saturated heterocycles. The molecule has 0 aromatic carbocycles. The van der Waals surface area contributed by atoms with Crippen LogP contribution in [0.4, 0.5) is 5.95 Å². The fourth-order valence-electron chi connectivity index (χ4n) is 2.04. The van der Waals surface area contributed by atoms with Gasteiger partial charge in [0.25, 0.3) is 0 Å². The highest BCUT2D eigenvalue weighted by molar-refractivity contribution is 6.28. The Hall–Kier alpha value is -1.14. The smallest absolute Gasteiger partial charge is 0.322 e. The molecule has 2 rings (SSSR count). The molecule has 1 aromatic rings. The zero-order valence-electron chi connectivity index (χ0n) is 11.2. The number of aliphatic hydroxyl groups is 1. The van der Waals surface area contributed by atoms with Gasteiger partial charge in [0.05, 0.1) is 12.7 Å². The van der Waals surface area contributed by atoms with Gasteiger partial charge in [0.1, 0.15) is 0 Å². The van der Waals surface area contributed by atoms with Gasteiger partial charge >= 0.3 is 6.01 Å². The highest BCUT2D eigenvalue weighted by Gasteiger charge is 2.26. The Kier molecular flexibility index (Phi) is 4.76. The maximum absolute atomic E-state index is 9.74. The molecule has 1 aliphatic rings. The Morgan fingerprint density at radius 3 is 2.89 bits per heavy atom. The van der Waals surface area contributed by atoms with E-state index in [2.05, 4.69) is 15.0 Å². The van der Waals surface area contributed by atoms with Gasteiger partial charge < -0.3 is 14.7 Å². The van der Waals surface area contributed by atoms with Crippen molar-refractivity contribution in [2.24, 2.45) is 5.92 Å². The average molecular weight is 287 g/mol. The third-order valence-corrected chi connectivity index (χ3v) is 3.32. The number of rotatable bonds is 4. The molecule has 0 aliphatic carbocycles. The van der Waals surface area contributed by atoms with Crippen molar-refractivity contribution < 1.29 is 9.84 Å². The minimum Gasteiger partial charge on any atom is -0.463 e. The first-order chi connectivity index (χ1) is 9.10. The van der Waals surface area contributed by atoms with E-state index in [1.807, 2.05) is 18.7 Å². The first-order valence-corrected chi connectivity index (χ1v) is 6.95. The van der Waals surface area contributed by atoms with Crippen LogP contribution in [0.15, 0.2) is 0 Å². The monoisotopic (exact) mass is 286 g/mol. The quantitative estimate of drug-likeness (QED) is 0.905. The van der Waals surface area contributed by atoms with Crippen molar-refractivity contribution in [2.45, 2.75) is 32.8 Å². The van der Waals surface area contributed by atoms with Crippen LogP contribution in [0.25, 0.3) is 0 Å². The molecule has 2 unspecified atom stereocenters. The van der Waals surface area contributed by atoms with E-state index < -0.39 is 0 Å². The lowest BCUT2D eigenvalue weighted by molar-refractivity contribution is 0.0966. The lowest BCUT2D eigenvalue weighted by atomic mass is 9.97. The fourth-order valence-corrected chi connectivity index (χ4v) is 2.18. The first-order valence-electron chi connectivity index (χ1n) is 6.57. The summed E-state index contributed by atoms with van der Waals surface area (Å²) in [7, 11) is 0. The van der Waals surface area contributed by atoms with Crippen molar-refractivity contribution in [1.29, 1.82) is 0 Å². The molecule has 1 N–H and O–H groups in total. The molecule has 1 aliphatic heterocycles. The van der Waals surface area contributed by atoms with Gasteiger partial charge in [-0.05, 0) is 30.4 Å². The maximum Gasteiger partial charge on any atom is 0.322 e. The number of hydrogen-bond donors (Lipinski definition) is 1. The number of aliphatic hydroxyl groups excluding tert-OH is 1. The van der Waals surface area contributed by atoms with Gasteiger partial charge in [0, 0.05) is 13.1 Å². The van der Waals surface area contributed by atoms with E-state index in [0.29, 0.717) is 32.1 Å². The van der Waals surface area contributed by atoms with Crippen molar-refractivity contribution >= 4 is 17.5 Å². The largest absolute Gasteiger partial charge is 0.463 e. The summed E-state index contributed by atoms with van der Waals surface area (Å²) in [6.45, 7) is 5.98. The Labute approximate surface area is 117 Å². The Morgan fingerprint density at radius 2 is 2.21 bits per heavy atom. The van der Waals surface area contributed by atoms with E-state index in [-0.39, 0.29) is 23.3 Å². The second-order valence-electron chi connectivity index (χ2n) is 4.81. The van der Waals surface area contributed by atoms with Crippen LogP contribution in [0.2, 0.25) is 5.28 Å². The number of halogens is 1. The fraction of sp³-hybridized carbons (Fsp3) is 0.750. The maximum atomic E-state index is 9.74. The molecule has 0 bridgehead atoms. The molecule has 2 atom stereocenters. The molecule has 106 valence electrons. The van der Waals surface area contributed by atoms with E-state index in [0.717, 1.165) is 6.42 Å². The van der Waals surface area contributed by atoms with Crippen molar-refractivity contribution in [3.05, 3.63) is 5.28 Å². The summed E-state index contributed by atoms with van der Waals surface area (Å²) in [5.74, 6) is 0.703. The van der Waals surface area contributed by atoms with E-state index in [1.165, 1.54) is 0 Å². The predicted octanol–water partition coefficient (Wildman–Crippen LogP) is 1.52. The standard InChI is InChI=1S/C12H19ClN4O2/c1-3-6-19-12-15-10(13)14-11(16-12)17-5-4-9(18)8(2)7-17/h8-9,18H,3-7H2,1-2H3. The topological polar surface area (TPSA) is 71.4 Å². The molecule has 19 heavy (non-hydrogen) atoms. The average Bonchev–Trinajstić information content (AvgIpc) is 2.39. The van der Waals surface area contributed by atoms with Crippen molar-refractivity contribution in [2.75, 3.05) is 24.6 Å². The molecule has 1 fully saturated rings. The van der Waals surface area contributed by atoms with E-state index in [9.17, 15) is 5.11 Å². The minimum absolute atomic E-state index is 0.134. The van der Waals surface area contributed by atoms with Crippen molar-refractivity contribution in [1.82, 2.24) is 15.0 Å². The zero-order chi connectivity index (χ0) is 13.8. The minimum atomic E-state index is -0.260. The summed E-state index contributed by atoms with van der Waals surface area (Å²) >= 11 is 5.89. The molecular weight excluding hydrogens is 268 g/mol. The summed E-state index contributed by atoms with van der Waals surface area (Å²) in [6, 6.07) is 0.260. The Balaban J connectivity index is 2.13. The highest BCUT2D eigenvalue weighted by atomic mass is 35.5. The summed E-state index contributed by atoms with van der Waals surface area (Å²) in [6.07, 6.45) is 1.32. The van der Waals surface area contributed by atoms with Gasteiger partial charge in [-0.2, -0.15) is 15.0 Å². The number of ether oxygens (including phenoxy) is 1. The van der Waals surface area contributed by atoms with Crippen LogP contribution < -0.4 is 9.64 Å². The van der Waals surface area contributed by atoms with Crippen LogP contribution in [-0.2, 0) is 0 Å². The number of aromatic nitrogens is 3. The molecule has 2 heterocycles. The van der Waals surface area contributed by atoms with E-state index in [4.69, 9.17) is 16.3 Å². The molecule has 0 saturated carbocycles. The highest BCUT2D eigenvalue weighted by Crippen LogP contribution is 2.22. The SMILES string of the molecule is CCCOc1nc(Cl)nc(N2CCC(O)C(C)C2)n1. The third-order valence-electron chi connectivity index (χ3n) is 3.15. The summed E-state index contributed by atoms with van der Waals surface area (Å²) < 4.78 is 5.39. The van der Waals surface area contributed by atoms with Crippen LogP contribution in [-0.4, -0.2) is 45.9 Å². The lowest BCUT2D eigenvalue weighted by Crippen LogP contribution is -2.42. The molecule has 7 heteroatoms. The first kappa shape index (κ1) is 14.3. The van der Waals surface area contributed by atoms with Crippen LogP contribution in [0.3, 0.4) is 0 Å². The van der Waals surface area contributed by atoms with Crippen LogP contribution in [0.5, 0.6) is 6.01 Å². The van der Waals surface area contributed by atoms with Crippen LogP contribution in [0.1, 0.15) is 26.7 Å². The van der Waals surface area contributed by atoms with Gasteiger partial charge in [-0.1, -0.05) is 13.8 Å². The normalized spacial score (nSPS) is 23.5. The number of anilines is 1. The van der Waals surface area contributed by atoms with Gasteiger partial charge in [0.2, 0.25) is 11.2 Å². The predicted molar refractivity (Wildman–Crippen MR) is 72.6 cm³/mol. The molecular formula is C12H19ClN4O2. The number of hydrogen-bond acceptors (Lipinski definition) is 6. The molecule has 1 aromatic heterocycles. The third kappa shape index (κ3) is 3.67. The lowest BCUT2D eigenvalue weighted by Gasteiger charge is -2.34. The number of nitrogens with zero attached hydrogens (tertiary/aromatic N) is 4. The molecule has 0 spiro atoms. The Bertz CT molecular complexity index is 432. The van der Waals surface area contributed by atoms with Crippen molar-refractivity contribution in [3.63, 3.8) is 0 Å². The summed E-state index contributed by atoms with van der Waals surface area (Å²) in [5, 5.41) is 9.87. The van der Waals surface area contributed by atoms with Crippen LogP contribution >= 0.6 is 11.6 Å². The molecule has 6 nitrogen and oxygen atoms in total. The summed E-state index contributed by atoms with van der Waals surface area (Å²) in [4.78, 5) is 14.4. The Morgan fingerprint density at radius 1 is 1.42 bits per heavy atom. The van der Waals surface area contributed by atoms with Gasteiger partial charge in [-0.3, -0.25) is 0 Å². The second kappa shape index (κ2) is 6.34. The van der Waals surface area contributed by atoms with Gasteiger partial charge in [0.15, 0.2) is 0 Å². The number of piperidine rings is 1. The van der Waals surface area contributed by atoms with E-state index >= 15 is 0 Å². The zero-order valence-corrected chi connectivity index (χ0v) is 12.0. The van der Waals surface area contributed by atoms with Gasteiger partial charge in [-0.25, -0.2) is 0 Å². The molecule has 0 amide bonds.